The van der Waals surface area contributed by atoms with Gasteiger partial charge in [0.2, 0.25) is 0 Å². The van der Waals surface area contributed by atoms with Crippen molar-refractivity contribution in [3.8, 4) is 0 Å². The van der Waals surface area contributed by atoms with Crippen molar-refractivity contribution in [2.75, 3.05) is 6.54 Å². The van der Waals surface area contributed by atoms with Gasteiger partial charge in [0.05, 0.1) is 6.04 Å². The summed E-state index contributed by atoms with van der Waals surface area (Å²) in [5, 5.41) is 8.79. The van der Waals surface area contributed by atoms with E-state index in [-0.39, 0.29) is 6.54 Å². The Bertz CT molecular complexity index is 343. The number of carbonyl (C=O) groups is 1. The molecule has 1 aliphatic rings. The summed E-state index contributed by atoms with van der Waals surface area (Å²) in [4.78, 5) is 10.8. The molecule has 0 aromatic rings. The van der Waals surface area contributed by atoms with Crippen LogP contribution in [0.4, 0.5) is 4.79 Å². The van der Waals surface area contributed by atoms with Gasteiger partial charge in [-0.3, -0.25) is 0 Å². The molecule has 0 bridgehead atoms. The van der Waals surface area contributed by atoms with E-state index in [0.717, 1.165) is 0 Å². The zero-order valence-corrected chi connectivity index (χ0v) is 9.13. The van der Waals surface area contributed by atoms with Gasteiger partial charge in [-0.05, 0) is 5.41 Å². The Kier molecular flexibility index (Phi) is 2.49. The molecule has 0 saturated carbocycles. The second-order valence-corrected chi connectivity index (χ2v) is 5.95. The predicted molar refractivity (Wildman–Crippen MR) is 50.0 cm³/mol. The minimum atomic E-state index is -3.83. The molecule has 1 unspecified atom stereocenters. The molecule has 6 nitrogen and oxygen atoms in total. The summed E-state index contributed by atoms with van der Waals surface area (Å²) in [5.74, 6) is 0. The molecular weight excluding hydrogens is 208 g/mol. The van der Waals surface area contributed by atoms with Crippen LogP contribution in [0.2, 0.25) is 0 Å². The fraction of sp³-hybridized carbons (Fsp3) is 0.857. The lowest BCUT2D eigenvalue weighted by Crippen LogP contribution is -2.45. The predicted octanol–water partition coefficient (Wildman–Crippen LogP) is 0.229. The van der Waals surface area contributed by atoms with E-state index in [4.69, 9.17) is 5.11 Å². The topological polar surface area (TPSA) is 86.7 Å². The van der Waals surface area contributed by atoms with Gasteiger partial charge in [0.15, 0.2) is 0 Å². The third-order valence-corrected chi connectivity index (χ3v) is 3.65. The highest BCUT2D eigenvalue weighted by Crippen LogP contribution is 2.29. The summed E-state index contributed by atoms with van der Waals surface area (Å²) >= 11 is 0. The average molecular weight is 222 g/mol. The maximum absolute atomic E-state index is 11.3. The lowest BCUT2D eigenvalue weighted by molar-refractivity contribution is 0.139. The molecule has 1 fully saturated rings. The smallest absolute Gasteiger partial charge is 0.422 e. The van der Waals surface area contributed by atoms with Gasteiger partial charge in [0.1, 0.15) is 0 Å². The molecule has 2 N–H and O–H groups in total. The van der Waals surface area contributed by atoms with Crippen LogP contribution in [0, 0.1) is 5.41 Å². The van der Waals surface area contributed by atoms with E-state index in [1.165, 1.54) is 0 Å². The molecule has 1 saturated heterocycles. The van der Waals surface area contributed by atoms with Crippen LogP contribution in [0.15, 0.2) is 0 Å². The number of rotatable bonds is 0. The largest absolute Gasteiger partial charge is 0.464 e. The summed E-state index contributed by atoms with van der Waals surface area (Å²) < 4.78 is 25.3. The third-order valence-electron chi connectivity index (χ3n) is 2.19. The molecule has 1 heterocycles. The van der Waals surface area contributed by atoms with Gasteiger partial charge in [-0.2, -0.15) is 17.4 Å². The Labute approximate surface area is 83.1 Å². The molecule has 0 radical (unpaired) electrons. The average Bonchev–Trinajstić information content (AvgIpc) is 2.23. The Morgan fingerprint density at radius 2 is 2.00 bits per heavy atom. The summed E-state index contributed by atoms with van der Waals surface area (Å²) in [6, 6.07) is -0.551. The van der Waals surface area contributed by atoms with Crippen molar-refractivity contribution in [3.05, 3.63) is 0 Å². The van der Waals surface area contributed by atoms with Crippen molar-refractivity contribution in [3.63, 3.8) is 0 Å². The number of amides is 1. The SMILES string of the molecule is CC(C)(C)C1CNS(=O)(=O)N1C(=O)O. The number of nitrogens with one attached hydrogen (secondary N) is 1. The first-order valence-electron chi connectivity index (χ1n) is 4.18. The van der Waals surface area contributed by atoms with Gasteiger partial charge < -0.3 is 5.11 Å². The molecule has 1 atom stereocenters. The minimum absolute atomic E-state index is 0.137. The highest BCUT2D eigenvalue weighted by atomic mass is 32.2. The molecule has 0 aliphatic carbocycles. The summed E-state index contributed by atoms with van der Waals surface area (Å²) in [7, 11) is -3.83. The first kappa shape index (κ1) is 11.3. The van der Waals surface area contributed by atoms with E-state index >= 15 is 0 Å². The Hall–Kier alpha value is -0.820. The molecular formula is C7H14N2O4S. The van der Waals surface area contributed by atoms with E-state index in [1.807, 2.05) is 0 Å². The molecule has 0 spiro atoms. The second kappa shape index (κ2) is 3.09. The van der Waals surface area contributed by atoms with E-state index in [1.54, 1.807) is 20.8 Å². The van der Waals surface area contributed by atoms with Crippen LogP contribution in [-0.2, 0) is 10.2 Å². The van der Waals surface area contributed by atoms with Crippen LogP contribution in [0.3, 0.4) is 0 Å². The fourth-order valence-electron chi connectivity index (χ4n) is 1.40. The van der Waals surface area contributed by atoms with Crippen molar-refractivity contribution in [1.82, 2.24) is 9.03 Å². The second-order valence-electron chi connectivity index (χ2n) is 4.31. The van der Waals surface area contributed by atoms with Crippen molar-refractivity contribution >= 4 is 16.3 Å². The molecule has 1 amide bonds. The third kappa shape index (κ3) is 1.83. The van der Waals surface area contributed by atoms with E-state index < -0.39 is 27.8 Å². The minimum Gasteiger partial charge on any atom is -0.464 e. The van der Waals surface area contributed by atoms with E-state index in [2.05, 4.69) is 4.72 Å². The highest BCUT2D eigenvalue weighted by molar-refractivity contribution is 7.87. The van der Waals surface area contributed by atoms with Crippen LogP contribution in [0.5, 0.6) is 0 Å². The van der Waals surface area contributed by atoms with Gasteiger partial charge in [-0.15, -0.1) is 0 Å². The normalized spacial score (nSPS) is 26.5. The lowest BCUT2D eigenvalue weighted by atomic mass is 9.87. The summed E-state index contributed by atoms with van der Waals surface area (Å²) in [6.45, 7) is 5.54. The fourth-order valence-corrected chi connectivity index (χ4v) is 2.84. The van der Waals surface area contributed by atoms with Gasteiger partial charge in [0, 0.05) is 6.54 Å². The van der Waals surface area contributed by atoms with E-state index in [0.29, 0.717) is 4.31 Å². The van der Waals surface area contributed by atoms with Gasteiger partial charge in [-0.1, -0.05) is 20.8 Å². The molecule has 0 aromatic heterocycles. The summed E-state index contributed by atoms with van der Waals surface area (Å²) in [6.07, 6.45) is -1.44. The Morgan fingerprint density at radius 1 is 1.50 bits per heavy atom. The number of carboxylic acid groups (broad SMARTS) is 1. The zero-order valence-electron chi connectivity index (χ0n) is 8.31. The zero-order chi connectivity index (χ0) is 11.1. The molecule has 82 valence electrons. The van der Waals surface area contributed by atoms with Crippen molar-refractivity contribution in [2.45, 2.75) is 26.8 Å². The highest BCUT2D eigenvalue weighted by Gasteiger charge is 2.46. The Morgan fingerprint density at radius 3 is 2.29 bits per heavy atom. The lowest BCUT2D eigenvalue weighted by Gasteiger charge is -2.30. The first-order valence-corrected chi connectivity index (χ1v) is 5.62. The molecule has 7 heteroatoms. The van der Waals surface area contributed by atoms with Crippen molar-refractivity contribution < 1.29 is 18.3 Å². The Balaban J connectivity index is 3.09. The van der Waals surface area contributed by atoms with E-state index in [9.17, 15) is 13.2 Å². The van der Waals surface area contributed by atoms with Crippen LogP contribution in [-0.4, -0.2) is 36.5 Å². The van der Waals surface area contributed by atoms with Crippen LogP contribution >= 0.6 is 0 Å². The monoisotopic (exact) mass is 222 g/mol. The van der Waals surface area contributed by atoms with Crippen molar-refractivity contribution in [1.29, 1.82) is 0 Å². The number of nitrogens with zero attached hydrogens (tertiary/aromatic N) is 1. The maximum Gasteiger partial charge on any atom is 0.422 e. The molecule has 1 aliphatic heterocycles. The maximum atomic E-state index is 11.3. The first-order chi connectivity index (χ1) is 6.16. The number of hydrogen-bond acceptors (Lipinski definition) is 3. The van der Waals surface area contributed by atoms with Gasteiger partial charge in [0.25, 0.3) is 0 Å². The van der Waals surface area contributed by atoms with Crippen LogP contribution in [0.1, 0.15) is 20.8 Å². The van der Waals surface area contributed by atoms with Gasteiger partial charge >= 0.3 is 16.3 Å². The van der Waals surface area contributed by atoms with Crippen LogP contribution < -0.4 is 4.72 Å². The number of hydrogen-bond donors (Lipinski definition) is 2. The molecule has 0 aromatic carbocycles. The van der Waals surface area contributed by atoms with Gasteiger partial charge in [-0.25, -0.2) is 4.79 Å². The standard InChI is InChI=1S/C7H14N2O4S/c1-7(2,3)5-4-8-14(12,13)9(5)6(10)11/h5,8H,4H2,1-3H3,(H,10,11). The summed E-state index contributed by atoms with van der Waals surface area (Å²) in [5.41, 5.74) is -0.408. The van der Waals surface area contributed by atoms with Crippen molar-refractivity contribution in [2.24, 2.45) is 5.41 Å². The van der Waals surface area contributed by atoms with Crippen LogP contribution in [0.25, 0.3) is 0 Å². The molecule has 1 rings (SSSR count). The molecule has 14 heavy (non-hydrogen) atoms. The quantitative estimate of drug-likeness (QED) is 0.614.